The summed E-state index contributed by atoms with van der Waals surface area (Å²) in [6.07, 6.45) is 2.14. The molecule has 0 saturated heterocycles. The number of thiazole rings is 1. The van der Waals surface area contributed by atoms with Crippen LogP contribution in [0.4, 0.5) is 5.82 Å². The zero-order valence-electron chi connectivity index (χ0n) is 19.9. The van der Waals surface area contributed by atoms with Crippen molar-refractivity contribution in [2.24, 2.45) is 0 Å². The van der Waals surface area contributed by atoms with Gasteiger partial charge in [-0.25, -0.2) is 9.97 Å². The van der Waals surface area contributed by atoms with E-state index < -0.39 is 29.7 Å². The molecule has 1 unspecified atom stereocenters. The van der Waals surface area contributed by atoms with Gasteiger partial charge in [0, 0.05) is 50.8 Å². The fourth-order valence-corrected chi connectivity index (χ4v) is 4.46. The minimum absolute atomic E-state index is 0.146. The third kappa shape index (κ3) is 6.96. The Balaban J connectivity index is 1.62. The van der Waals surface area contributed by atoms with Gasteiger partial charge in [-0.3, -0.25) is 24.1 Å². The lowest BCUT2D eigenvalue weighted by Gasteiger charge is -2.29. The average Bonchev–Trinajstić information content (AvgIpc) is 3.25. The van der Waals surface area contributed by atoms with Crippen LogP contribution >= 0.6 is 22.9 Å². The second kappa shape index (κ2) is 11.6. The molecule has 1 aliphatic heterocycles. The van der Waals surface area contributed by atoms with Crippen LogP contribution in [0.5, 0.6) is 0 Å². The van der Waals surface area contributed by atoms with Gasteiger partial charge >= 0.3 is 11.8 Å². The highest BCUT2D eigenvalue weighted by molar-refractivity contribution is 7.13. The second-order valence-electron chi connectivity index (χ2n) is 8.49. The summed E-state index contributed by atoms with van der Waals surface area (Å²) in [5.41, 5.74) is 0.872. The van der Waals surface area contributed by atoms with Gasteiger partial charge < -0.3 is 20.9 Å². The molecule has 3 rings (SSSR count). The van der Waals surface area contributed by atoms with Gasteiger partial charge in [0.05, 0.1) is 10.7 Å². The van der Waals surface area contributed by atoms with Crippen molar-refractivity contribution in [2.45, 2.75) is 38.9 Å². The average molecular weight is 522 g/mol. The number of hydrogen-bond donors (Lipinski definition) is 3. The highest BCUT2D eigenvalue weighted by atomic mass is 35.5. The number of rotatable bonds is 7. The minimum Gasteiger partial charge on any atom is -0.347 e. The van der Waals surface area contributed by atoms with Crippen molar-refractivity contribution in [1.82, 2.24) is 30.4 Å². The molecule has 0 radical (unpaired) electrons. The Morgan fingerprint density at radius 1 is 1.20 bits per heavy atom. The van der Waals surface area contributed by atoms with E-state index in [0.717, 1.165) is 23.5 Å². The van der Waals surface area contributed by atoms with Crippen LogP contribution in [-0.4, -0.2) is 82.7 Å². The molecule has 11 nitrogen and oxygen atoms in total. The van der Waals surface area contributed by atoms with E-state index in [4.69, 9.17) is 11.6 Å². The molecule has 2 aromatic rings. The zero-order chi connectivity index (χ0) is 25.7. The molecule has 188 valence electrons. The SMILES string of the molecule is CC(C)N1CCc2sc(C(=O)NC(CNC(=O)C(=O)Nc3ccc(Cl)cn3)C(=O)N(C)C)nc2C1. The Labute approximate surface area is 212 Å². The Morgan fingerprint density at radius 2 is 1.94 bits per heavy atom. The molecule has 35 heavy (non-hydrogen) atoms. The number of amides is 4. The normalized spacial score (nSPS) is 14.1. The van der Waals surface area contributed by atoms with Crippen molar-refractivity contribution in [3.8, 4) is 0 Å². The van der Waals surface area contributed by atoms with Gasteiger partial charge in [-0.1, -0.05) is 11.6 Å². The fourth-order valence-electron chi connectivity index (χ4n) is 3.39. The molecule has 4 amide bonds. The maximum Gasteiger partial charge on any atom is 0.314 e. The summed E-state index contributed by atoms with van der Waals surface area (Å²) < 4.78 is 0. The van der Waals surface area contributed by atoms with E-state index in [1.165, 1.54) is 48.7 Å². The van der Waals surface area contributed by atoms with Crippen LogP contribution in [0.25, 0.3) is 0 Å². The first-order valence-corrected chi connectivity index (χ1v) is 12.2. The predicted octanol–water partition coefficient (Wildman–Crippen LogP) is 0.900. The minimum atomic E-state index is -1.09. The zero-order valence-corrected chi connectivity index (χ0v) is 21.5. The summed E-state index contributed by atoms with van der Waals surface area (Å²) in [5, 5.41) is 8.00. The van der Waals surface area contributed by atoms with E-state index >= 15 is 0 Å². The van der Waals surface area contributed by atoms with Crippen molar-refractivity contribution in [3.05, 3.63) is 38.9 Å². The summed E-state index contributed by atoms with van der Waals surface area (Å²) in [5.74, 6) is -2.75. The third-order valence-electron chi connectivity index (χ3n) is 5.37. The Morgan fingerprint density at radius 3 is 2.57 bits per heavy atom. The fraction of sp³-hybridized carbons (Fsp3) is 0.455. The largest absolute Gasteiger partial charge is 0.347 e. The second-order valence-corrected chi connectivity index (χ2v) is 10.0. The number of carbonyl (C=O) groups excluding carboxylic acids is 4. The van der Waals surface area contributed by atoms with Crippen molar-refractivity contribution in [1.29, 1.82) is 0 Å². The van der Waals surface area contributed by atoms with Gasteiger partial charge in [-0.15, -0.1) is 11.3 Å². The number of hydrogen-bond acceptors (Lipinski definition) is 8. The van der Waals surface area contributed by atoms with Crippen molar-refractivity contribution < 1.29 is 19.2 Å². The molecule has 3 N–H and O–H groups in total. The monoisotopic (exact) mass is 521 g/mol. The van der Waals surface area contributed by atoms with Crippen LogP contribution in [0.2, 0.25) is 5.02 Å². The quantitative estimate of drug-likeness (QED) is 0.460. The number of fused-ring (bicyclic) bond motifs is 1. The van der Waals surface area contributed by atoms with Gasteiger partial charge in [0.25, 0.3) is 5.91 Å². The number of carbonyl (C=O) groups is 4. The maximum absolute atomic E-state index is 12.9. The van der Waals surface area contributed by atoms with E-state index in [-0.39, 0.29) is 17.4 Å². The van der Waals surface area contributed by atoms with Crippen LogP contribution in [0.3, 0.4) is 0 Å². The van der Waals surface area contributed by atoms with Gasteiger partial charge in [0.2, 0.25) is 5.91 Å². The number of halogens is 1. The Bertz CT molecular complexity index is 1100. The lowest BCUT2D eigenvalue weighted by Crippen LogP contribution is -2.53. The first-order valence-electron chi connectivity index (χ1n) is 11.0. The van der Waals surface area contributed by atoms with E-state index in [9.17, 15) is 19.2 Å². The smallest absolute Gasteiger partial charge is 0.314 e. The van der Waals surface area contributed by atoms with Gasteiger partial charge in [0.15, 0.2) is 5.01 Å². The standard InChI is InChI=1S/C22H28ClN7O4S/c1-12(2)30-8-7-16-15(11-30)27-21(35-16)20(33)26-14(22(34)29(3)4)10-25-18(31)19(32)28-17-6-5-13(23)9-24-17/h5-6,9,12,14H,7-8,10-11H2,1-4H3,(H,25,31)(H,26,33)(H,24,28,32). The van der Waals surface area contributed by atoms with Crippen molar-refractivity contribution in [3.63, 3.8) is 0 Å². The lowest BCUT2D eigenvalue weighted by atomic mass is 10.1. The molecule has 0 aromatic carbocycles. The van der Waals surface area contributed by atoms with E-state index in [1.807, 2.05) is 0 Å². The van der Waals surface area contributed by atoms with E-state index in [0.29, 0.717) is 17.6 Å². The molecule has 0 saturated carbocycles. The molecule has 0 aliphatic carbocycles. The molecule has 3 heterocycles. The molecule has 0 bridgehead atoms. The van der Waals surface area contributed by atoms with Crippen LogP contribution < -0.4 is 16.0 Å². The first-order chi connectivity index (χ1) is 16.5. The van der Waals surface area contributed by atoms with Crippen LogP contribution in [-0.2, 0) is 27.3 Å². The number of anilines is 1. The summed E-state index contributed by atoms with van der Waals surface area (Å²) >= 11 is 7.06. The number of aromatic nitrogens is 2. The lowest BCUT2D eigenvalue weighted by molar-refractivity contribution is -0.136. The molecule has 13 heteroatoms. The Hall–Kier alpha value is -3.09. The van der Waals surface area contributed by atoms with Crippen LogP contribution in [0.15, 0.2) is 18.3 Å². The summed E-state index contributed by atoms with van der Waals surface area (Å²) in [6, 6.07) is 2.25. The predicted molar refractivity (Wildman–Crippen MR) is 132 cm³/mol. The molecule has 1 aliphatic rings. The summed E-state index contributed by atoms with van der Waals surface area (Å²) in [4.78, 5) is 63.0. The number of nitrogens with zero attached hydrogens (tertiary/aromatic N) is 4. The number of likely N-dealkylation sites (N-methyl/N-ethyl adjacent to an activating group) is 1. The van der Waals surface area contributed by atoms with Crippen molar-refractivity contribution >= 4 is 52.4 Å². The molecule has 1 atom stereocenters. The van der Waals surface area contributed by atoms with Crippen LogP contribution in [0, 0.1) is 0 Å². The van der Waals surface area contributed by atoms with Gasteiger partial charge in [-0.2, -0.15) is 0 Å². The Kier molecular flexibility index (Phi) is 8.76. The molecule has 2 aromatic heterocycles. The highest BCUT2D eigenvalue weighted by Gasteiger charge is 2.28. The van der Waals surface area contributed by atoms with E-state index in [1.54, 1.807) is 0 Å². The first kappa shape index (κ1) is 26.5. The summed E-state index contributed by atoms with van der Waals surface area (Å²) in [6.45, 7) is 5.51. The molecule has 0 spiro atoms. The molecular formula is C22H28ClN7O4S. The summed E-state index contributed by atoms with van der Waals surface area (Å²) in [7, 11) is 3.07. The number of nitrogens with one attached hydrogen (secondary N) is 3. The topological polar surface area (TPSA) is 137 Å². The van der Waals surface area contributed by atoms with Gasteiger partial charge in [0.1, 0.15) is 11.9 Å². The third-order valence-corrected chi connectivity index (χ3v) is 6.75. The molecular weight excluding hydrogens is 494 g/mol. The number of pyridine rings is 1. The maximum atomic E-state index is 12.9. The van der Waals surface area contributed by atoms with Gasteiger partial charge in [-0.05, 0) is 32.4 Å². The van der Waals surface area contributed by atoms with E-state index in [2.05, 4.69) is 44.7 Å². The highest BCUT2D eigenvalue weighted by Crippen LogP contribution is 2.26. The molecule has 0 fully saturated rings. The van der Waals surface area contributed by atoms with Crippen LogP contribution in [0.1, 0.15) is 34.2 Å². The van der Waals surface area contributed by atoms with Crippen molar-refractivity contribution in [2.75, 3.05) is 32.5 Å².